The molecule has 86 valence electrons. The standard InChI is InChI=1S/C9H14N2O3.ClH/c10-4-3-9(14)11-7-2-1-6(12)5-8(7)13;/h7H,1-5,10H2,(H,11,14);1H. The maximum atomic E-state index is 11.3. The third-order valence-corrected chi connectivity index (χ3v) is 2.18. The minimum absolute atomic E-state index is 0. The minimum atomic E-state index is -0.480. The van der Waals surface area contributed by atoms with Gasteiger partial charge < -0.3 is 11.1 Å². The Kier molecular flexibility index (Phi) is 6.12. The Morgan fingerprint density at radius 2 is 2.13 bits per heavy atom. The second-order valence-electron chi connectivity index (χ2n) is 3.38. The summed E-state index contributed by atoms with van der Waals surface area (Å²) in [4.78, 5) is 33.3. The van der Waals surface area contributed by atoms with E-state index in [2.05, 4.69) is 5.32 Å². The van der Waals surface area contributed by atoms with Gasteiger partial charge in [-0.3, -0.25) is 14.4 Å². The van der Waals surface area contributed by atoms with E-state index in [-0.39, 0.29) is 49.3 Å². The van der Waals surface area contributed by atoms with Gasteiger partial charge in [-0.05, 0) is 6.42 Å². The third kappa shape index (κ3) is 4.40. The molecule has 1 aliphatic carbocycles. The maximum absolute atomic E-state index is 11.3. The molecular weight excluding hydrogens is 220 g/mol. The zero-order valence-corrected chi connectivity index (χ0v) is 9.14. The largest absolute Gasteiger partial charge is 0.346 e. The third-order valence-electron chi connectivity index (χ3n) is 2.18. The lowest BCUT2D eigenvalue weighted by Gasteiger charge is -2.20. The van der Waals surface area contributed by atoms with Crippen LogP contribution in [0.4, 0.5) is 0 Å². The molecule has 1 saturated carbocycles. The summed E-state index contributed by atoms with van der Waals surface area (Å²) in [5.74, 6) is -0.453. The van der Waals surface area contributed by atoms with Crippen LogP contribution in [0.15, 0.2) is 0 Å². The zero-order valence-electron chi connectivity index (χ0n) is 8.32. The molecule has 5 nitrogen and oxygen atoms in total. The molecule has 0 aromatic carbocycles. The van der Waals surface area contributed by atoms with Crippen molar-refractivity contribution < 1.29 is 14.4 Å². The van der Waals surface area contributed by atoms with Gasteiger partial charge in [0.15, 0.2) is 5.78 Å². The molecule has 15 heavy (non-hydrogen) atoms. The number of amides is 1. The number of nitrogens with two attached hydrogens (primary N) is 1. The lowest BCUT2D eigenvalue weighted by Crippen LogP contribution is -2.44. The molecule has 0 aliphatic heterocycles. The summed E-state index contributed by atoms with van der Waals surface area (Å²) in [5, 5.41) is 2.57. The van der Waals surface area contributed by atoms with Crippen LogP contribution in [0.25, 0.3) is 0 Å². The molecule has 1 rings (SSSR count). The summed E-state index contributed by atoms with van der Waals surface area (Å²) in [7, 11) is 0. The Morgan fingerprint density at radius 1 is 1.47 bits per heavy atom. The number of carbonyl (C=O) groups excluding carboxylic acids is 3. The lowest BCUT2D eigenvalue weighted by atomic mass is 9.93. The first-order valence-electron chi connectivity index (χ1n) is 4.67. The number of ketones is 2. The molecule has 1 fully saturated rings. The van der Waals surface area contributed by atoms with E-state index in [0.29, 0.717) is 12.8 Å². The van der Waals surface area contributed by atoms with Crippen molar-refractivity contribution in [2.75, 3.05) is 6.54 Å². The average molecular weight is 235 g/mol. The molecule has 1 amide bonds. The first-order valence-corrected chi connectivity index (χ1v) is 4.67. The van der Waals surface area contributed by atoms with Crippen LogP contribution < -0.4 is 11.1 Å². The number of halogens is 1. The average Bonchev–Trinajstić information content (AvgIpc) is 2.10. The molecule has 6 heteroatoms. The molecule has 0 aromatic rings. The van der Waals surface area contributed by atoms with Crippen molar-refractivity contribution >= 4 is 29.9 Å². The van der Waals surface area contributed by atoms with Crippen LogP contribution >= 0.6 is 12.4 Å². The predicted octanol–water partition coefficient (Wildman–Crippen LogP) is -0.436. The second kappa shape index (κ2) is 6.53. The second-order valence-corrected chi connectivity index (χ2v) is 3.38. The van der Waals surface area contributed by atoms with Crippen molar-refractivity contribution in [2.45, 2.75) is 31.7 Å². The molecule has 0 spiro atoms. The number of rotatable bonds is 3. The van der Waals surface area contributed by atoms with E-state index in [0.717, 1.165) is 0 Å². The normalized spacial score (nSPS) is 20.7. The fourth-order valence-corrected chi connectivity index (χ4v) is 1.42. The quantitative estimate of drug-likeness (QED) is 0.648. The van der Waals surface area contributed by atoms with Crippen molar-refractivity contribution in [1.29, 1.82) is 0 Å². The Labute approximate surface area is 94.2 Å². The van der Waals surface area contributed by atoms with E-state index in [1.807, 2.05) is 0 Å². The van der Waals surface area contributed by atoms with E-state index in [9.17, 15) is 14.4 Å². The van der Waals surface area contributed by atoms with E-state index >= 15 is 0 Å². The van der Waals surface area contributed by atoms with Crippen LogP contribution in [0.3, 0.4) is 0 Å². The van der Waals surface area contributed by atoms with Crippen molar-refractivity contribution in [3.63, 3.8) is 0 Å². The van der Waals surface area contributed by atoms with Gasteiger partial charge in [-0.2, -0.15) is 0 Å². The molecule has 0 heterocycles. The molecular formula is C9H15ClN2O3. The fraction of sp³-hybridized carbons (Fsp3) is 0.667. The summed E-state index contributed by atoms with van der Waals surface area (Å²) in [6.07, 6.45) is 0.971. The Balaban J connectivity index is 0.00000196. The van der Waals surface area contributed by atoms with Crippen LogP contribution in [0, 0.1) is 0 Å². The molecule has 0 radical (unpaired) electrons. The van der Waals surface area contributed by atoms with Gasteiger partial charge in [0.1, 0.15) is 5.78 Å². The molecule has 0 aromatic heterocycles. The summed E-state index contributed by atoms with van der Waals surface area (Å²) < 4.78 is 0. The first-order chi connectivity index (χ1) is 6.63. The molecule has 1 atom stereocenters. The zero-order chi connectivity index (χ0) is 10.6. The van der Waals surface area contributed by atoms with Gasteiger partial charge in [0.05, 0.1) is 12.5 Å². The monoisotopic (exact) mass is 234 g/mol. The Bertz CT molecular complexity index is 268. The molecule has 0 bridgehead atoms. The highest BCUT2D eigenvalue weighted by Gasteiger charge is 2.27. The minimum Gasteiger partial charge on any atom is -0.346 e. The van der Waals surface area contributed by atoms with Gasteiger partial charge in [0.25, 0.3) is 0 Å². The van der Waals surface area contributed by atoms with Gasteiger partial charge in [-0.25, -0.2) is 0 Å². The number of carbonyl (C=O) groups is 3. The molecule has 3 N–H and O–H groups in total. The van der Waals surface area contributed by atoms with Crippen LogP contribution in [-0.2, 0) is 14.4 Å². The van der Waals surface area contributed by atoms with Crippen molar-refractivity contribution in [2.24, 2.45) is 5.73 Å². The highest BCUT2D eigenvalue weighted by atomic mass is 35.5. The number of hydrogen-bond acceptors (Lipinski definition) is 4. The van der Waals surface area contributed by atoms with E-state index in [4.69, 9.17) is 5.73 Å². The summed E-state index contributed by atoms with van der Waals surface area (Å²) in [6.45, 7) is 0.270. The van der Waals surface area contributed by atoms with Crippen molar-refractivity contribution in [3.8, 4) is 0 Å². The lowest BCUT2D eigenvalue weighted by molar-refractivity contribution is -0.134. The summed E-state index contributed by atoms with van der Waals surface area (Å²) in [6, 6.07) is -0.480. The van der Waals surface area contributed by atoms with Gasteiger partial charge in [0, 0.05) is 19.4 Å². The fourth-order valence-electron chi connectivity index (χ4n) is 1.42. The SMILES string of the molecule is Cl.NCCC(=O)NC1CCC(=O)CC1=O. The van der Waals surface area contributed by atoms with Gasteiger partial charge in [-0.1, -0.05) is 0 Å². The molecule has 0 saturated heterocycles. The summed E-state index contributed by atoms with van der Waals surface area (Å²) in [5.41, 5.74) is 5.19. The maximum Gasteiger partial charge on any atom is 0.221 e. The van der Waals surface area contributed by atoms with Crippen LogP contribution in [-0.4, -0.2) is 30.1 Å². The first kappa shape index (κ1) is 14.1. The van der Waals surface area contributed by atoms with Crippen LogP contribution in [0.5, 0.6) is 0 Å². The van der Waals surface area contributed by atoms with E-state index < -0.39 is 6.04 Å². The number of nitrogens with one attached hydrogen (secondary N) is 1. The highest BCUT2D eigenvalue weighted by molar-refractivity contribution is 6.05. The number of hydrogen-bond donors (Lipinski definition) is 2. The van der Waals surface area contributed by atoms with Crippen molar-refractivity contribution in [3.05, 3.63) is 0 Å². The van der Waals surface area contributed by atoms with Crippen LogP contribution in [0.2, 0.25) is 0 Å². The Hall–Kier alpha value is -0.940. The predicted molar refractivity (Wildman–Crippen MR) is 56.7 cm³/mol. The summed E-state index contributed by atoms with van der Waals surface area (Å²) >= 11 is 0. The Morgan fingerprint density at radius 3 is 2.67 bits per heavy atom. The molecule has 1 aliphatic rings. The highest BCUT2D eigenvalue weighted by Crippen LogP contribution is 2.11. The smallest absolute Gasteiger partial charge is 0.221 e. The topological polar surface area (TPSA) is 89.3 Å². The van der Waals surface area contributed by atoms with Crippen LogP contribution in [0.1, 0.15) is 25.7 Å². The van der Waals surface area contributed by atoms with E-state index in [1.165, 1.54) is 0 Å². The van der Waals surface area contributed by atoms with E-state index in [1.54, 1.807) is 0 Å². The van der Waals surface area contributed by atoms with Gasteiger partial charge in [-0.15, -0.1) is 12.4 Å². The van der Waals surface area contributed by atoms with Gasteiger partial charge >= 0.3 is 0 Å². The number of Topliss-reactive ketones (excluding diaryl/α,β-unsaturated/α-hetero) is 2. The molecule has 1 unspecified atom stereocenters. The van der Waals surface area contributed by atoms with Gasteiger partial charge in [0.2, 0.25) is 5.91 Å². The van der Waals surface area contributed by atoms with Crippen molar-refractivity contribution in [1.82, 2.24) is 5.32 Å².